The predicted molar refractivity (Wildman–Crippen MR) is 101 cm³/mol. The van der Waals surface area contributed by atoms with Crippen LogP contribution in [0.3, 0.4) is 0 Å². The number of aliphatic hydroxyl groups excluding tert-OH is 1. The van der Waals surface area contributed by atoms with Gasteiger partial charge in [-0.05, 0) is 45.2 Å². The van der Waals surface area contributed by atoms with Crippen molar-refractivity contribution in [1.29, 1.82) is 0 Å². The van der Waals surface area contributed by atoms with Crippen LogP contribution in [0.25, 0.3) is 11.0 Å². The Morgan fingerprint density at radius 1 is 1.19 bits per heavy atom. The molecule has 2 rings (SSSR count). The lowest BCUT2D eigenvalue weighted by Gasteiger charge is -2.20. The molecule has 0 atom stereocenters. The number of aromatic nitrogens is 3. The number of rotatable bonds is 12. The highest BCUT2D eigenvalue weighted by Gasteiger charge is 2.13. The van der Waals surface area contributed by atoms with Crippen LogP contribution in [0.4, 0.5) is 5.82 Å². The normalized spacial score (nSPS) is 11.4. The number of unbranched alkanes of at least 4 members (excludes halogenated alkanes) is 2. The highest BCUT2D eigenvalue weighted by molar-refractivity contribution is 5.88. The van der Waals surface area contributed by atoms with E-state index in [0.29, 0.717) is 37.8 Å². The van der Waals surface area contributed by atoms with Gasteiger partial charge in [0, 0.05) is 18.8 Å². The number of nitrogen functional groups attached to an aromatic ring is 1. The van der Waals surface area contributed by atoms with Crippen molar-refractivity contribution < 1.29 is 14.6 Å². The second-order valence-corrected chi connectivity index (χ2v) is 6.45. The molecule has 8 heteroatoms. The number of H-pyrrole nitrogens is 1. The van der Waals surface area contributed by atoms with Crippen molar-refractivity contribution in [2.24, 2.45) is 0 Å². The first-order valence-electron chi connectivity index (χ1n) is 9.06. The van der Waals surface area contributed by atoms with Gasteiger partial charge in [-0.1, -0.05) is 6.42 Å². The van der Waals surface area contributed by atoms with Crippen molar-refractivity contribution in [3.8, 4) is 0 Å². The molecule has 0 aliphatic heterocycles. The van der Waals surface area contributed by atoms with Crippen molar-refractivity contribution in [2.75, 3.05) is 38.6 Å². The minimum Gasteiger partial charge on any atom is -0.467 e. The van der Waals surface area contributed by atoms with E-state index in [9.17, 15) is 4.79 Å². The summed E-state index contributed by atoms with van der Waals surface area (Å²) in [6, 6.07) is 0. The van der Waals surface area contributed by atoms with Gasteiger partial charge in [0.25, 0.3) is 6.47 Å². The number of carbonyl (C=O) groups excluding carboxylic acids is 1. The molecule has 0 saturated carbocycles. The number of anilines is 1. The molecule has 0 unspecified atom stereocenters. The molecular weight excluding hydrogens is 334 g/mol. The smallest absolute Gasteiger partial charge is 0.293 e. The summed E-state index contributed by atoms with van der Waals surface area (Å²) in [6.45, 7) is 6.94. The maximum Gasteiger partial charge on any atom is 0.293 e. The topological polar surface area (TPSA) is 117 Å². The Morgan fingerprint density at radius 2 is 2.00 bits per heavy atom. The molecule has 2 aromatic heterocycles. The maximum atomic E-state index is 10.2. The molecule has 0 amide bonds. The lowest BCUT2D eigenvalue weighted by Crippen LogP contribution is -2.31. The summed E-state index contributed by atoms with van der Waals surface area (Å²) in [5.41, 5.74) is 10.1. The van der Waals surface area contributed by atoms with Gasteiger partial charge >= 0.3 is 0 Å². The number of aromatic amines is 1. The van der Waals surface area contributed by atoms with Gasteiger partial charge < -0.3 is 20.6 Å². The first kappa shape index (κ1) is 20.1. The number of carbonyl (C=O) groups is 1. The average molecular weight is 363 g/mol. The molecule has 2 heterocycles. The summed E-state index contributed by atoms with van der Waals surface area (Å²) in [7, 11) is 0. The molecule has 0 aromatic carbocycles. The van der Waals surface area contributed by atoms with Crippen LogP contribution in [-0.2, 0) is 16.0 Å². The fourth-order valence-electron chi connectivity index (χ4n) is 3.20. The molecule has 8 nitrogen and oxygen atoms in total. The third-order valence-electron chi connectivity index (χ3n) is 4.51. The highest BCUT2D eigenvalue weighted by Crippen LogP contribution is 2.25. The molecule has 2 aromatic rings. The highest BCUT2D eigenvalue weighted by atomic mass is 16.5. The van der Waals surface area contributed by atoms with E-state index in [2.05, 4.69) is 19.9 Å². The Morgan fingerprint density at radius 3 is 2.73 bits per heavy atom. The van der Waals surface area contributed by atoms with E-state index in [0.717, 1.165) is 49.0 Å². The lowest BCUT2D eigenvalue weighted by molar-refractivity contribution is -0.129. The fraction of sp³-hybridized carbons (Fsp3) is 0.611. The van der Waals surface area contributed by atoms with E-state index < -0.39 is 0 Å². The molecule has 0 fully saturated rings. The Hall–Kier alpha value is -2.19. The van der Waals surface area contributed by atoms with Crippen LogP contribution in [0, 0.1) is 13.8 Å². The van der Waals surface area contributed by atoms with Crippen molar-refractivity contribution in [1.82, 2.24) is 19.9 Å². The number of hydrogen-bond acceptors (Lipinski definition) is 7. The van der Waals surface area contributed by atoms with E-state index in [1.165, 1.54) is 5.56 Å². The van der Waals surface area contributed by atoms with Crippen molar-refractivity contribution in [2.45, 2.75) is 39.5 Å². The minimum atomic E-state index is 0.107. The monoisotopic (exact) mass is 363 g/mol. The number of fused-ring (bicyclic) bond motifs is 1. The molecular formula is C18H29N5O3. The van der Waals surface area contributed by atoms with Crippen LogP contribution in [-0.4, -0.2) is 64.3 Å². The van der Waals surface area contributed by atoms with E-state index in [1.807, 2.05) is 13.8 Å². The fourth-order valence-corrected chi connectivity index (χ4v) is 3.20. The largest absolute Gasteiger partial charge is 0.467 e. The number of hydrogen-bond donors (Lipinski definition) is 3. The van der Waals surface area contributed by atoms with Gasteiger partial charge in [-0.2, -0.15) is 0 Å². The molecule has 4 N–H and O–H groups in total. The SMILES string of the molecule is Cc1nc(N)c2[nH]c(C)c(CCCCCN(CCO)CCOC=O)c2n1. The summed E-state index contributed by atoms with van der Waals surface area (Å²) < 4.78 is 4.73. The van der Waals surface area contributed by atoms with Crippen LogP contribution < -0.4 is 5.73 Å². The summed E-state index contributed by atoms with van der Waals surface area (Å²) >= 11 is 0. The molecule has 0 bridgehead atoms. The van der Waals surface area contributed by atoms with Crippen molar-refractivity contribution in [3.05, 3.63) is 17.1 Å². The molecule has 0 spiro atoms. The summed E-state index contributed by atoms with van der Waals surface area (Å²) in [5, 5.41) is 9.12. The second kappa shape index (κ2) is 10.1. The number of aryl methyl sites for hydroxylation is 3. The first-order valence-corrected chi connectivity index (χ1v) is 9.06. The molecule has 0 aliphatic carbocycles. The molecule has 0 saturated heterocycles. The molecule has 0 radical (unpaired) electrons. The molecule has 144 valence electrons. The van der Waals surface area contributed by atoms with Crippen LogP contribution >= 0.6 is 0 Å². The number of nitrogens with two attached hydrogens (primary N) is 1. The Balaban J connectivity index is 1.83. The zero-order chi connectivity index (χ0) is 18.9. The van der Waals surface area contributed by atoms with Gasteiger partial charge in [-0.25, -0.2) is 9.97 Å². The van der Waals surface area contributed by atoms with Crippen LogP contribution in [0.1, 0.15) is 36.3 Å². The summed E-state index contributed by atoms with van der Waals surface area (Å²) in [5.74, 6) is 1.19. The lowest BCUT2D eigenvalue weighted by atomic mass is 10.1. The zero-order valence-electron chi connectivity index (χ0n) is 15.6. The number of ether oxygens (including phenoxy) is 1. The van der Waals surface area contributed by atoms with Crippen molar-refractivity contribution in [3.63, 3.8) is 0 Å². The number of nitrogens with zero attached hydrogens (tertiary/aromatic N) is 3. The third kappa shape index (κ3) is 5.40. The molecule has 0 aliphatic rings. The van der Waals surface area contributed by atoms with Crippen molar-refractivity contribution >= 4 is 23.3 Å². The van der Waals surface area contributed by atoms with Crippen LogP contribution in [0.2, 0.25) is 0 Å². The standard InChI is InChI=1S/C18H29N5O3/c1-13-15(16-17(20-13)18(19)22-14(2)21-16)6-4-3-5-7-23(8-10-24)9-11-26-12-25/h12,20,24H,3-11H2,1-2H3,(H2,19,21,22). The van der Waals surface area contributed by atoms with Crippen LogP contribution in [0.5, 0.6) is 0 Å². The average Bonchev–Trinajstić information content (AvgIpc) is 2.91. The van der Waals surface area contributed by atoms with Crippen LogP contribution in [0.15, 0.2) is 0 Å². The van der Waals surface area contributed by atoms with Gasteiger partial charge in [0.15, 0.2) is 5.82 Å². The maximum absolute atomic E-state index is 10.2. The minimum absolute atomic E-state index is 0.107. The summed E-state index contributed by atoms with van der Waals surface area (Å²) in [4.78, 5) is 24.4. The zero-order valence-corrected chi connectivity index (χ0v) is 15.6. The number of aliphatic hydroxyl groups is 1. The van der Waals surface area contributed by atoms with Gasteiger partial charge in [-0.3, -0.25) is 9.69 Å². The number of nitrogens with one attached hydrogen (secondary N) is 1. The summed E-state index contributed by atoms with van der Waals surface area (Å²) in [6.07, 6.45) is 4.09. The van der Waals surface area contributed by atoms with E-state index in [1.54, 1.807) is 0 Å². The Bertz CT molecular complexity index is 716. The Kier molecular flexibility index (Phi) is 7.80. The van der Waals surface area contributed by atoms with E-state index >= 15 is 0 Å². The Labute approximate surface area is 153 Å². The first-order chi connectivity index (χ1) is 12.6. The van der Waals surface area contributed by atoms with Gasteiger partial charge in [0.1, 0.15) is 17.9 Å². The van der Waals surface area contributed by atoms with Gasteiger partial charge in [0.2, 0.25) is 0 Å². The van der Waals surface area contributed by atoms with Gasteiger partial charge in [0.05, 0.1) is 12.1 Å². The van der Waals surface area contributed by atoms with E-state index in [-0.39, 0.29) is 6.61 Å². The second-order valence-electron chi connectivity index (χ2n) is 6.45. The quantitative estimate of drug-likeness (QED) is 0.385. The molecule has 26 heavy (non-hydrogen) atoms. The van der Waals surface area contributed by atoms with Gasteiger partial charge in [-0.15, -0.1) is 0 Å². The predicted octanol–water partition coefficient (Wildman–Crippen LogP) is 1.34. The third-order valence-corrected chi connectivity index (χ3v) is 4.51. The van der Waals surface area contributed by atoms with E-state index in [4.69, 9.17) is 15.6 Å².